The third kappa shape index (κ3) is 4.75. The second kappa shape index (κ2) is 9.34. The summed E-state index contributed by atoms with van der Waals surface area (Å²) in [5, 5.41) is 5.18. The zero-order valence-corrected chi connectivity index (χ0v) is 21.0. The van der Waals surface area contributed by atoms with Crippen LogP contribution in [0.3, 0.4) is 0 Å². The van der Waals surface area contributed by atoms with Gasteiger partial charge in [-0.05, 0) is 41.5 Å². The Bertz CT molecular complexity index is 1400. The van der Waals surface area contributed by atoms with Gasteiger partial charge in [0, 0.05) is 6.54 Å². The smallest absolute Gasteiger partial charge is 0.262 e. The van der Waals surface area contributed by atoms with Crippen molar-refractivity contribution in [1.82, 2.24) is 24.6 Å². The molecule has 1 N–H and O–H groups in total. The highest BCUT2D eigenvalue weighted by molar-refractivity contribution is 7.99. The number of H-pyrrole nitrogens is 1. The predicted octanol–water partition coefficient (Wildman–Crippen LogP) is 4.86. The van der Waals surface area contributed by atoms with Gasteiger partial charge in [0.1, 0.15) is 5.39 Å². The standard InChI is InChI=1S/C27H29N5O2S/c1-27(2,3)19-13-11-18(12-14-19)22-10-7-15-31(22)23(33)17-35-26-29-24-21(25(34)30-26)16-28-32(24)20-8-5-4-6-9-20/h4-6,8-9,11-14,16,22H,7,10,15,17H2,1-3H3,(H,29,30,34). The van der Waals surface area contributed by atoms with Gasteiger partial charge in [-0.3, -0.25) is 9.59 Å². The quantitative estimate of drug-likeness (QED) is 0.321. The maximum Gasteiger partial charge on any atom is 0.262 e. The van der Waals surface area contributed by atoms with Gasteiger partial charge < -0.3 is 9.88 Å². The van der Waals surface area contributed by atoms with Crippen molar-refractivity contribution in [3.8, 4) is 5.69 Å². The van der Waals surface area contributed by atoms with Crippen LogP contribution in [0.2, 0.25) is 0 Å². The Kier molecular flexibility index (Phi) is 6.23. The fraction of sp³-hybridized carbons (Fsp3) is 0.333. The zero-order chi connectivity index (χ0) is 24.6. The second-order valence-corrected chi connectivity index (χ2v) is 10.9. The predicted molar refractivity (Wildman–Crippen MR) is 139 cm³/mol. The van der Waals surface area contributed by atoms with E-state index in [0.717, 1.165) is 25.1 Å². The average Bonchev–Trinajstić information content (AvgIpc) is 3.51. The molecule has 180 valence electrons. The molecule has 8 heteroatoms. The molecule has 7 nitrogen and oxygen atoms in total. The van der Waals surface area contributed by atoms with Gasteiger partial charge in [-0.15, -0.1) is 0 Å². The molecular weight excluding hydrogens is 458 g/mol. The number of nitrogens with one attached hydrogen (secondary N) is 1. The number of thioether (sulfide) groups is 1. The molecule has 0 radical (unpaired) electrons. The number of para-hydroxylation sites is 1. The summed E-state index contributed by atoms with van der Waals surface area (Å²) in [5.41, 5.74) is 3.60. The largest absolute Gasteiger partial charge is 0.335 e. The number of fused-ring (bicyclic) bond motifs is 1. The molecule has 1 aliphatic heterocycles. The first-order valence-corrected chi connectivity index (χ1v) is 12.9. The van der Waals surface area contributed by atoms with Crippen molar-refractivity contribution in [3.05, 3.63) is 82.3 Å². The van der Waals surface area contributed by atoms with Crippen LogP contribution >= 0.6 is 11.8 Å². The monoisotopic (exact) mass is 487 g/mol. The molecule has 5 rings (SSSR count). The number of carbonyl (C=O) groups excluding carboxylic acids is 1. The molecule has 4 aromatic rings. The van der Waals surface area contributed by atoms with E-state index in [4.69, 9.17) is 0 Å². The summed E-state index contributed by atoms with van der Waals surface area (Å²) < 4.78 is 1.65. The number of likely N-dealkylation sites (tertiary alicyclic amines) is 1. The van der Waals surface area contributed by atoms with E-state index in [-0.39, 0.29) is 28.7 Å². The minimum absolute atomic E-state index is 0.0525. The fourth-order valence-electron chi connectivity index (χ4n) is 4.55. The maximum absolute atomic E-state index is 13.2. The van der Waals surface area contributed by atoms with Crippen molar-refractivity contribution >= 4 is 28.7 Å². The van der Waals surface area contributed by atoms with E-state index in [1.165, 1.54) is 29.1 Å². The summed E-state index contributed by atoms with van der Waals surface area (Å²) >= 11 is 1.26. The number of hydrogen-bond acceptors (Lipinski definition) is 5. The van der Waals surface area contributed by atoms with Crippen LogP contribution in [0, 0.1) is 0 Å². The van der Waals surface area contributed by atoms with Crippen LogP contribution in [0.25, 0.3) is 16.7 Å². The summed E-state index contributed by atoms with van der Waals surface area (Å²) in [4.78, 5) is 35.2. The van der Waals surface area contributed by atoms with Crippen LogP contribution in [0.5, 0.6) is 0 Å². The lowest BCUT2D eigenvalue weighted by Gasteiger charge is -2.26. The Morgan fingerprint density at radius 2 is 1.86 bits per heavy atom. The highest BCUT2D eigenvalue weighted by Crippen LogP contribution is 2.34. The molecule has 1 aliphatic rings. The van der Waals surface area contributed by atoms with Gasteiger partial charge in [0.15, 0.2) is 10.8 Å². The fourth-order valence-corrected chi connectivity index (χ4v) is 5.30. The first-order valence-electron chi connectivity index (χ1n) is 11.9. The van der Waals surface area contributed by atoms with Gasteiger partial charge in [0.05, 0.1) is 23.7 Å². The van der Waals surface area contributed by atoms with Crippen LogP contribution in [0.1, 0.15) is 50.8 Å². The lowest BCUT2D eigenvalue weighted by Crippen LogP contribution is -2.32. The first kappa shape index (κ1) is 23.4. The van der Waals surface area contributed by atoms with Crippen molar-refractivity contribution in [2.45, 2.75) is 50.2 Å². The van der Waals surface area contributed by atoms with Crippen LogP contribution in [-0.4, -0.2) is 42.9 Å². The highest BCUT2D eigenvalue weighted by atomic mass is 32.2. The number of hydrogen-bond donors (Lipinski definition) is 1. The number of rotatable bonds is 5. The number of amides is 1. The van der Waals surface area contributed by atoms with E-state index in [1.807, 2.05) is 35.2 Å². The van der Waals surface area contributed by atoms with E-state index < -0.39 is 0 Å². The molecule has 1 fully saturated rings. The number of aromatic amines is 1. The van der Waals surface area contributed by atoms with Gasteiger partial charge in [0.25, 0.3) is 5.56 Å². The van der Waals surface area contributed by atoms with Crippen molar-refractivity contribution < 1.29 is 4.79 Å². The Morgan fingerprint density at radius 1 is 1.11 bits per heavy atom. The Balaban J connectivity index is 1.32. The molecule has 0 saturated carbocycles. The van der Waals surface area contributed by atoms with Crippen molar-refractivity contribution in [2.24, 2.45) is 0 Å². The van der Waals surface area contributed by atoms with Crippen molar-refractivity contribution in [3.63, 3.8) is 0 Å². The molecule has 2 aromatic carbocycles. The normalized spacial score (nSPS) is 16.2. The van der Waals surface area contributed by atoms with Crippen LogP contribution in [0.15, 0.2) is 70.7 Å². The molecule has 1 saturated heterocycles. The summed E-state index contributed by atoms with van der Waals surface area (Å²) in [6.45, 7) is 7.35. The van der Waals surface area contributed by atoms with Gasteiger partial charge in [-0.1, -0.05) is 75.0 Å². The Hall–Kier alpha value is -3.39. The average molecular weight is 488 g/mol. The number of benzene rings is 2. The molecule has 1 amide bonds. The molecule has 2 aromatic heterocycles. The Morgan fingerprint density at radius 3 is 2.57 bits per heavy atom. The number of aromatic nitrogens is 4. The molecular formula is C27H29N5O2S. The zero-order valence-electron chi connectivity index (χ0n) is 20.2. The van der Waals surface area contributed by atoms with Crippen molar-refractivity contribution in [1.29, 1.82) is 0 Å². The van der Waals surface area contributed by atoms with E-state index in [9.17, 15) is 9.59 Å². The van der Waals surface area contributed by atoms with Crippen LogP contribution in [0.4, 0.5) is 0 Å². The van der Waals surface area contributed by atoms with Gasteiger partial charge in [-0.2, -0.15) is 5.10 Å². The topological polar surface area (TPSA) is 83.9 Å². The minimum Gasteiger partial charge on any atom is -0.335 e. The first-order chi connectivity index (χ1) is 16.8. The molecule has 3 heterocycles. The third-order valence-electron chi connectivity index (χ3n) is 6.48. The van der Waals surface area contributed by atoms with E-state index in [0.29, 0.717) is 16.2 Å². The Labute approximate surface area is 208 Å². The molecule has 0 aliphatic carbocycles. The molecule has 1 atom stereocenters. The molecule has 1 unspecified atom stereocenters. The summed E-state index contributed by atoms with van der Waals surface area (Å²) in [7, 11) is 0. The van der Waals surface area contributed by atoms with E-state index >= 15 is 0 Å². The van der Waals surface area contributed by atoms with Gasteiger partial charge in [0.2, 0.25) is 5.91 Å². The lowest BCUT2D eigenvalue weighted by atomic mass is 9.86. The number of carbonyl (C=O) groups is 1. The summed E-state index contributed by atoms with van der Waals surface area (Å²) in [6, 6.07) is 18.3. The highest BCUT2D eigenvalue weighted by Gasteiger charge is 2.30. The third-order valence-corrected chi connectivity index (χ3v) is 7.34. The van der Waals surface area contributed by atoms with Crippen LogP contribution in [-0.2, 0) is 10.2 Å². The van der Waals surface area contributed by atoms with E-state index in [2.05, 4.69) is 60.1 Å². The minimum atomic E-state index is -0.259. The molecule has 0 spiro atoms. The SMILES string of the molecule is CC(C)(C)c1ccc(C2CCCN2C(=O)CSc2nc3c(cnn3-c3ccccc3)c(=O)[nH]2)cc1. The summed E-state index contributed by atoms with van der Waals surface area (Å²) in [6.07, 6.45) is 3.47. The summed E-state index contributed by atoms with van der Waals surface area (Å²) in [5.74, 6) is 0.265. The van der Waals surface area contributed by atoms with Crippen LogP contribution < -0.4 is 5.56 Å². The molecule has 35 heavy (non-hydrogen) atoms. The maximum atomic E-state index is 13.2. The number of nitrogens with zero attached hydrogens (tertiary/aromatic N) is 4. The van der Waals surface area contributed by atoms with Crippen molar-refractivity contribution in [2.75, 3.05) is 12.3 Å². The van der Waals surface area contributed by atoms with Gasteiger partial charge >= 0.3 is 0 Å². The lowest BCUT2D eigenvalue weighted by molar-refractivity contribution is -0.129. The molecule has 0 bridgehead atoms. The van der Waals surface area contributed by atoms with Gasteiger partial charge in [-0.25, -0.2) is 9.67 Å². The second-order valence-electron chi connectivity index (χ2n) is 9.91. The van der Waals surface area contributed by atoms with E-state index in [1.54, 1.807) is 4.68 Å².